The van der Waals surface area contributed by atoms with Gasteiger partial charge < -0.3 is 18.3 Å². The molecule has 6 nitrogen and oxygen atoms in total. The number of fused-ring (bicyclic) bond motifs is 14. The third-order valence-electron chi connectivity index (χ3n) is 12.8. The summed E-state index contributed by atoms with van der Waals surface area (Å²) in [4.78, 5) is 0. The number of aromatic nitrogens is 4. The number of hydrogen-bond donors (Lipinski definition) is 0. The van der Waals surface area contributed by atoms with E-state index in [0.29, 0.717) is 16.8 Å². The van der Waals surface area contributed by atoms with Gasteiger partial charge in [-0.05, 0) is 72.8 Å². The molecule has 13 aromatic rings. The summed E-state index contributed by atoms with van der Waals surface area (Å²) >= 11 is 0. The fourth-order valence-corrected chi connectivity index (χ4v) is 10.4. The van der Waals surface area contributed by atoms with Gasteiger partial charge in [-0.15, -0.1) is 0 Å². The Balaban J connectivity index is 1.22. The first-order chi connectivity index (χ1) is 30.7. The molecular weight excluding hydrogens is 757 g/mol. The summed E-state index contributed by atoms with van der Waals surface area (Å²) in [5.74, 6) is 0. The van der Waals surface area contributed by atoms with Gasteiger partial charge in [0.15, 0.2) is 0 Å². The molecule has 0 aliphatic rings. The minimum atomic E-state index is 0.321. The molecule has 9 aromatic carbocycles. The lowest BCUT2D eigenvalue weighted by molar-refractivity contribution is 1.08. The van der Waals surface area contributed by atoms with Crippen molar-refractivity contribution in [2.24, 2.45) is 0 Å². The van der Waals surface area contributed by atoms with Crippen molar-refractivity contribution >= 4 is 87.2 Å². The van der Waals surface area contributed by atoms with Gasteiger partial charge in [-0.3, -0.25) is 0 Å². The maximum atomic E-state index is 11.2. The van der Waals surface area contributed by atoms with Gasteiger partial charge in [0.25, 0.3) is 0 Å². The average molecular weight is 789 g/mol. The molecule has 0 spiro atoms. The second kappa shape index (κ2) is 12.8. The highest BCUT2D eigenvalue weighted by Crippen LogP contribution is 2.46. The van der Waals surface area contributed by atoms with Crippen LogP contribution in [0.1, 0.15) is 11.1 Å². The van der Waals surface area contributed by atoms with Gasteiger partial charge in [0, 0.05) is 54.5 Å². The second-order valence-corrected chi connectivity index (χ2v) is 15.9. The van der Waals surface area contributed by atoms with Crippen LogP contribution in [-0.4, -0.2) is 18.3 Å². The van der Waals surface area contributed by atoms with Crippen LogP contribution < -0.4 is 0 Å². The number of para-hydroxylation sites is 6. The average Bonchev–Trinajstić information content (AvgIpc) is 4.06. The topological polar surface area (TPSA) is 67.3 Å². The highest BCUT2D eigenvalue weighted by Gasteiger charge is 2.27. The number of benzene rings is 9. The first kappa shape index (κ1) is 34.1. The first-order valence-corrected chi connectivity index (χ1v) is 20.7. The predicted molar refractivity (Wildman–Crippen MR) is 253 cm³/mol. The van der Waals surface area contributed by atoms with Crippen molar-refractivity contribution in [1.82, 2.24) is 18.3 Å². The molecule has 13 rings (SSSR count). The van der Waals surface area contributed by atoms with Crippen LogP contribution in [0.15, 0.2) is 194 Å². The summed E-state index contributed by atoms with van der Waals surface area (Å²) < 4.78 is 9.28. The van der Waals surface area contributed by atoms with Crippen molar-refractivity contribution in [1.29, 1.82) is 10.5 Å². The fourth-order valence-electron chi connectivity index (χ4n) is 10.4. The lowest BCUT2D eigenvalue weighted by Gasteiger charge is -2.19. The summed E-state index contributed by atoms with van der Waals surface area (Å²) in [7, 11) is 0. The Labute approximate surface area is 354 Å². The maximum absolute atomic E-state index is 11.2. The summed E-state index contributed by atoms with van der Waals surface area (Å²) in [5, 5.41) is 30.9. The largest absolute Gasteiger partial charge is 0.309 e. The van der Waals surface area contributed by atoms with E-state index in [4.69, 9.17) is 0 Å². The van der Waals surface area contributed by atoms with Crippen molar-refractivity contribution < 1.29 is 0 Å². The van der Waals surface area contributed by atoms with E-state index in [9.17, 15) is 10.5 Å². The molecule has 0 bridgehead atoms. The Hall–Kier alpha value is -8.84. The molecule has 6 heteroatoms. The monoisotopic (exact) mass is 788 g/mol. The Kier molecular flexibility index (Phi) is 7.05. The molecule has 0 N–H and O–H groups in total. The molecule has 0 aliphatic carbocycles. The summed E-state index contributed by atoms with van der Waals surface area (Å²) in [6.45, 7) is 0. The Morgan fingerprint density at radius 2 is 0.726 bits per heavy atom. The SMILES string of the molecule is N#Cc1ccc(-n2c3ccccc3c3c2ccc2c4ccccc4n(-c4ccccc4)c23)c(-n2c3ccccc3c3c2ccc2c4ccccc4n(-c4ccccc4)c23)c1C#N. The van der Waals surface area contributed by atoms with Crippen molar-refractivity contribution in [3.05, 3.63) is 205 Å². The minimum Gasteiger partial charge on any atom is -0.309 e. The number of hydrogen-bond acceptors (Lipinski definition) is 2. The van der Waals surface area contributed by atoms with Gasteiger partial charge in [0.2, 0.25) is 0 Å². The van der Waals surface area contributed by atoms with Gasteiger partial charge in [-0.25, -0.2) is 0 Å². The van der Waals surface area contributed by atoms with Crippen LogP contribution in [0.4, 0.5) is 0 Å². The molecule has 62 heavy (non-hydrogen) atoms. The minimum absolute atomic E-state index is 0.321. The lowest BCUT2D eigenvalue weighted by Crippen LogP contribution is -2.07. The highest BCUT2D eigenvalue weighted by atomic mass is 15.1. The quantitative estimate of drug-likeness (QED) is 0.178. The molecule has 0 fully saturated rings. The van der Waals surface area contributed by atoms with Crippen LogP contribution in [0.5, 0.6) is 0 Å². The van der Waals surface area contributed by atoms with Gasteiger partial charge >= 0.3 is 0 Å². The highest BCUT2D eigenvalue weighted by molar-refractivity contribution is 6.28. The van der Waals surface area contributed by atoms with Crippen molar-refractivity contribution in [3.8, 4) is 34.9 Å². The van der Waals surface area contributed by atoms with Gasteiger partial charge in [0.05, 0.1) is 66.6 Å². The summed E-state index contributed by atoms with van der Waals surface area (Å²) in [5.41, 5.74) is 12.6. The normalized spacial score (nSPS) is 11.8. The van der Waals surface area contributed by atoms with E-state index in [1.54, 1.807) is 6.07 Å². The van der Waals surface area contributed by atoms with Gasteiger partial charge in [-0.1, -0.05) is 121 Å². The number of nitrogens with zero attached hydrogens (tertiary/aromatic N) is 6. The molecule has 286 valence electrons. The van der Waals surface area contributed by atoms with E-state index < -0.39 is 0 Å². The Bertz CT molecular complexity index is 4110. The van der Waals surface area contributed by atoms with Crippen molar-refractivity contribution in [2.45, 2.75) is 0 Å². The third kappa shape index (κ3) is 4.45. The third-order valence-corrected chi connectivity index (χ3v) is 12.8. The smallest absolute Gasteiger partial charge is 0.103 e. The standard InChI is InChI=1S/C56H32N6/c57-33-35-27-30-51(61-47-25-13-9-21-42(47)52-49(61)31-28-40-38-19-7-11-23-45(38)59(55(40)52)36-15-3-1-4-16-36)54(44(35)34-58)62-48-26-14-10-22-43(48)53-50(62)32-29-41-39-20-8-12-24-46(39)60(56(41)53)37-17-5-2-6-18-37/h1-32H. The van der Waals surface area contributed by atoms with E-state index in [1.165, 1.54) is 10.8 Å². The van der Waals surface area contributed by atoms with Crippen LogP contribution in [0.2, 0.25) is 0 Å². The zero-order chi connectivity index (χ0) is 41.1. The number of nitriles is 2. The van der Waals surface area contributed by atoms with E-state index in [-0.39, 0.29) is 0 Å². The van der Waals surface area contributed by atoms with E-state index in [2.05, 4.69) is 206 Å². The lowest BCUT2D eigenvalue weighted by atomic mass is 10.0. The molecule has 4 heterocycles. The molecular formula is C56H32N6. The molecule has 0 radical (unpaired) electrons. The first-order valence-electron chi connectivity index (χ1n) is 20.7. The Morgan fingerprint density at radius 3 is 1.21 bits per heavy atom. The molecule has 0 saturated heterocycles. The van der Waals surface area contributed by atoms with Gasteiger partial charge in [-0.2, -0.15) is 10.5 Å². The molecule has 0 amide bonds. The van der Waals surface area contributed by atoms with Crippen LogP contribution in [0, 0.1) is 22.7 Å². The van der Waals surface area contributed by atoms with E-state index in [1.807, 2.05) is 12.1 Å². The van der Waals surface area contributed by atoms with Crippen LogP contribution in [0.3, 0.4) is 0 Å². The van der Waals surface area contributed by atoms with Crippen LogP contribution >= 0.6 is 0 Å². The van der Waals surface area contributed by atoms with Gasteiger partial charge in [0.1, 0.15) is 12.1 Å². The van der Waals surface area contributed by atoms with Crippen molar-refractivity contribution in [2.75, 3.05) is 0 Å². The maximum Gasteiger partial charge on any atom is 0.103 e. The zero-order valence-electron chi connectivity index (χ0n) is 33.2. The fraction of sp³-hybridized carbons (Fsp3) is 0. The Morgan fingerprint density at radius 1 is 0.306 bits per heavy atom. The molecule has 0 saturated carbocycles. The van der Waals surface area contributed by atoms with Crippen LogP contribution in [0.25, 0.3) is 110 Å². The van der Waals surface area contributed by atoms with Crippen molar-refractivity contribution in [3.63, 3.8) is 0 Å². The molecule has 0 unspecified atom stereocenters. The predicted octanol–water partition coefficient (Wildman–Crippen LogP) is 13.8. The summed E-state index contributed by atoms with van der Waals surface area (Å²) in [6, 6.07) is 72.9. The zero-order valence-corrected chi connectivity index (χ0v) is 33.2. The summed E-state index contributed by atoms with van der Waals surface area (Å²) in [6.07, 6.45) is 0. The van der Waals surface area contributed by atoms with E-state index >= 15 is 0 Å². The molecule has 0 aliphatic heterocycles. The number of rotatable bonds is 4. The second-order valence-electron chi connectivity index (χ2n) is 15.9. The van der Waals surface area contributed by atoms with Crippen LogP contribution in [-0.2, 0) is 0 Å². The molecule has 4 aromatic heterocycles. The van der Waals surface area contributed by atoms with E-state index in [0.717, 1.165) is 93.5 Å². The molecule has 0 atom stereocenters.